The summed E-state index contributed by atoms with van der Waals surface area (Å²) in [5, 5.41) is 10.9. The zero-order valence-electron chi connectivity index (χ0n) is 17.9. The number of esters is 1. The van der Waals surface area contributed by atoms with Crippen LogP contribution >= 0.6 is 0 Å². The summed E-state index contributed by atoms with van der Waals surface area (Å²) >= 11 is 0. The minimum atomic E-state index is -4.71. The van der Waals surface area contributed by atoms with Crippen LogP contribution in [0.5, 0.6) is 11.6 Å². The standard InChI is InChI=1S/C21H22F3N5O3/c1-12(2)28-17-7-13(3)18(9-15(17)20(30)31-4)32-19-16(21(22,23)24)8-14(10-25-19)11-29-26-5-6-27-29/h5-10,12,28H,11H2,1-4H3. The van der Waals surface area contributed by atoms with Crippen molar-refractivity contribution in [3.63, 3.8) is 0 Å². The molecule has 2 heterocycles. The first kappa shape index (κ1) is 23.0. The number of anilines is 1. The molecule has 0 aliphatic carbocycles. The molecule has 0 radical (unpaired) electrons. The van der Waals surface area contributed by atoms with Gasteiger partial charge in [-0.05, 0) is 50.1 Å². The van der Waals surface area contributed by atoms with Crippen LogP contribution in [-0.4, -0.2) is 39.1 Å². The van der Waals surface area contributed by atoms with Crippen molar-refractivity contribution in [2.24, 2.45) is 0 Å². The normalized spacial score (nSPS) is 11.5. The SMILES string of the molecule is COC(=O)c1cc(Oc2ncc(Cn3nccn3)cc2C(F)(F)F)c(C)cc1NC(C)C. The van der Waals surface area contributed by atoms with E-state index < -0.39 is 23.6 Å². The van der Waals surface area contributed by atoms with Gasteiger partial charge in [-0.1, -0.05) is 0 Å². The average Bonchev–Trinajstić information content (AvgIpc) is 3.22. The fourth-order valence-corrected chi connectivity index (χ4v) is 2.97. The van der Waals surface area contributed by atoms with Crippen molar-refractivity contribution in [2.45, 2.75) is 39.5 Å². The van der Waals surface area contributed by atoms with Gasteiger partial charge in [0, 0.05) is 17.9 Å². The lowest BCUT2D eigenvalue weighted by Gasteiger charge is -2.18. The van der Waals surface area contributed by atoms with Crippen molar-refractivity contribution in [1.29, 1.82) is 0 Å². The summed E-state index contributed by atoms with van der Waals surface area (Å²) in [6, 6.07) is 3.92. The molecule has 1 aromatic carbocycles. The van der Waals surface area contributed by atoms with Gasteiger partial charge in [-0.3, -0.25) is 0 Å². The number of alkyl halides is 3. The van der Waals surface area contributed by atoms with E-state index in [4.69, 9.17) is 9.47 Å². The highest BCUT2D eigenvalue weighted by Crippen LogP contribution is 2.39. The quantitative estimate of drug-likeness (QED) is 0.533. The van der Waals surface area contributed by atoms with E-state index in [0.29, 0.717) is 11.3 Å². The molecule has 0 aliphatic rings. The van der Waals surface area contributed by atoms with E-state index in [9.17, 15) is 18.0 Å². The maximum atomic E-state index is 13.7. The van der Waals surface area contributed by atoms with Crippen molar-refractivity contribution in [3.8, 4) is 11.6 Å². The van der Waals surface area contributed by atoms with Crippen LogP contribution in [-0.2, 0) is 17.5 Å². The van der Waals surface area contributed by atoms with Gasteiger partial charge in [0.2, 0.25) is 5.88 Å². The fraction of sp³-hybridized carbons (Fsp3) is 0.333. The van der Waals surface area contributed by atoms with Gasteiger partial charge in [0.05, 0.1) is 31.6 Å². The number of rotatable bonds is 7. The van der Waals surface area contributed by atoms with Crippen LogP contribution in [0.15, 0.2) is 36.8 Å². The second kappa shape index (κ2) is 9.25. The number of carbonyl (C=O) groups is 1. The number of carbonyl (C=O) groups excluding carboxylic acids is 1. The molecule has 0 bridgehead atoms. The van der Waals surface area contributed by atoms with Gasteiger partial charge in [0.1, 0.15) is 11.3 Å². The molecule has 0 spiro atoms. The van der Waals surface area contributed by atoms with E-state index in [1.54, 1.807) is 13.0 Å². The molecule has 2 aromatic heterocycles. The number of benzene rings is 1. The van der Waals surface area contributed by atoms with Crippen LogP contribution in [0.1, 0.15) is 40.9 Å². The number of aromatic nitrogens is 4. The Morgan fingerprint density at radius 1 is 1.19 bits per heavy atom. The van der Waals surface area contributed by atoms with Crippen molar-refractivity contribution in [3.05, 3.63) is 59.0 Å². The second-order valence-electron chi connectivity index (χ2n) is 7.31. The zero-order chi connectivity index (χ0) is 23.5. The molecule has 0 saturated carbocycles. The van der Waals surface area contributed by atoms with E-state index in [1.165, 1.54) is 36.6 Å². The highest BCUT2D eigenvalue weighted by atomic mass is 19.4. The number of pyridine rings is 1. The lowest BCUT2D eigenvalue weighted by molar-refractivity contribution is -0.139. The first-order chi connectivity index (χ1) is 15.1. The molecular formula is C21H22F3N5O3. The van der Waals surface area contributed by atoms with Crippen LogP contribution in [0.2, 0.25) is 0 Å². The van der Waals surface area contributed by atoms with Crippen LogP contribution in [0.3, 0.4) is 0 Å². The van der Waals surface area contributed by atoms with E-state index in [2.05, 4.69) is 20.5 Å². The molecule has 1 N–H and O–H groups in total. The van der Waals surface area contributed by atoms with Crippen LogP contribution in [0.25, 0.3) is 0 Å². The largest absolute Gasteiger partial charge is 0.465 e. The molecule has 0 atom stereocenters. The smallest absolute Gasteiger partial charge is 0.421 e. The summed E-state index contributed by atoms with van der Waals surface area (Å²) in [5.74, 6) is -1.22. The average molecular weight is 449 g/mol. The van der Waals surface area contributed by atoms with E-state index in [-0.39, 0.29) is 29.5 Å². The summed E-state index contributed by atoms with van der Waals surface area (Å²) in [4.78, 5) is 17.4. The predicted octanol–water partition coefficient (Wildman–Crippen LogP) is 4.45. The topological polar surface area (TPSA) is 91.2 Å². The Bertz CT molecular complexity index is 1100. The molecule has 0 aliphatic heterocycles. The van der Waals surface area contributed by atoms with E-state index in [1.807, 2.05) is 13.8 Å². The molecule has 3 rings (SSSR count). The lowest BCUT2D eigenvalue weighted by atomic mass is 10.1. The fourth-order valence-electron chi connectivity index (χ4n) is 2.97. The van der Waals surface area contributed by atoms with Gasteiger partial charge in [0.15, 0.2) is 0 Å². The molecular weight excluding hydrogens is 427 g/mol. The van der Waals surface area contributed by atoms with Crippen molar-refractivity contribution >= 4 is 11.7 Å². The molecule has 170 valence electrons. The van der Waals surface area contributed by atoms with Crippen LogP contribution in [0, 0.1) is 6.92 Å². The second-order valence-corrected chi connectivity index (χ2v) is 7.31. The maximum absolute atomic E-state index is 13.7. The highest BCUT2D eigenvalue weighted by molar-refractivity contribution is 5.96. The van der Waals surface area contributed by atoms with Gasteiger partial charge < -0.3 is 14.8 Å². The van der Waals surface area contributed by atoms with Gasteiger partial charge in [-0.25, -0.2) is 9.78 Å². The van der Waals surface area contributed by atoms with Crippen LogP contribution < -0.4 is 10.1 Å². The highest BCUT2D eigenvalue weighted by Gasteiger charge is 2.36. The minimum Gasteiger partial charge on any atom is -0.465 e. The summed E-state index contributed by atoms with van der Waals surface area (Å²) in [5.41, 5.74) is 0.343. The monoisotopic (exact) mass is 449 g/mol. The summed E-state index contributed by atoms with van der Waals surface area (Å²) in [6.45, 7) is 5.46. The number of nitrogens with zero attached hydrogens (tertiary/aromatic N) is 4. The number of ether oxygens (including phenoxy) is 2. The Morgan fingerprint density at radius 3 is 2.47 bits per heavy atom. The molecule has 0 fully saturated rings. The molecule has 32 heavy (non-hydrogen) atoms. The Hall–Kier alpha value is -3.63. The molecule has 8 nitrogen and oxygen atoms in total. The third-order valence-electron chi connectivity index (χ3n) is 4.37. The molecule has 0 saturated heterocycles. The number of hydrogen-bond donors (Lipinski definition) is 1. The van der Waals surface area contributed by atoms with E-state index in [0.717, 1.165) is 6.07 Å². The van der Waals surface area contributed by atoms with E-state index >= 15 is 0 Å². The van der Waals surface area contributed by atoms with Gasteiger partial charge in [-0.15, -0.1) is 0 Å². The zero-order valence-corrected chi connectivity index (χ0v) is 17.9. The molecule has 0 amide bonds. The van der Waals surface area contributed by atoms with Gasteiger partial charge >= 0.3 is 12.1 Å². The van der Waals surface area contributed by atoms with Crippen molar-refractivity contribution in [1.82, 2.24) is 20.0 Å². The Labute approximate surface area is 182 Å². The van der Waals surface area contributed by atoms with Gasteiger partial charge in [-0.2, -0.15) is 28.2 Å². The van der Waals surface area contributed by atoms with Crippen LogP contribution in [0.4, 0.5) is 18.9 Å². The number of hydrogen-bond acceptors (Lipinski definition) is 7. The van der Waals surface area contributed by atoms with Crippen molar-refractivity contribution < 1.29 is 27.4 Å². The number of methoxy groups -OCH3 is 1. The maximum Gasteiger partial charge on any atom is 0.421 e. The number of nitrogens with one attached hydrogen (secondary N) is 1. The lowest BCUT2D eigenvalue weighted by Crippen LogP contribution is -2.15. The third kappa shape index (κ3) is 5.34. The third-order valence-corrected chi connectivity index (χ3v) is 4.37. The minimum absolute atomic E-state index is 0.0138. The molecule has 0 unspecified atom stereocenters. The molecule has 3 aromatic rings. The van der Waals surface area contributed by atoms with Crippen molar-refractivity contribution in [2.75, 3.05) is 12.4 Å². The first-order valence-corrected chi connectivity index (χ1v) is 9.66. The summed E-state index contributed by atoms with van der Waals surface area (Å²) < 4.78 is 51.6. The predicted molar refractivity (Wildman–Crippen MR) is 110 cm³/mol. The summed E-state index contributed by atoms with van der Waals surface area (Å²) in [6.07, 6.45) is -0.600. The number of halogens is 3. The Kier molecular flexibility index (Phi) is 6.66. The van der Waals surface area contributed by atoms with Gasteiger partial charge in [0.25, 0.3) is 0 Å². The number of aryl methyl sites for hydroxylation is 1. The Balaban J connectivity index is 2.00. The first-order valence-electron chi connectivity index (χ1n) is 9.66. The summed E-state index contributed by atoms with van der Waals surface area (Å²) in [7, 11) is 1.22. The molecule has 11 heteroatoms. The Morgan fingerprint density at radius 2 is 1.88 bits per heavy atom.